The Hall–Kier alpha value is -4.03. The van der Waals surface area contributed by atoms with Gasteiger partial charge in [-0.25, -0.2) is 0 Å². The average Bonchev–Trinajstić information content (AvgIpc) is 3.54. The number of fused-ring (bicyclic) bond motifs is 5. The summed E-state index contributed by atoms with van der Waals surface area (Å²) in [6, 6.07) is 36.4. The first-order chi connectivity index (χ1) is 24.9. The standard InChI is InChI=1S/C28H22NO2.C18H22GeN.Ir/c1-30-25-9-5-4-7-21(25)19-10-12-23-24-16-20(11-13-26(24)31-27(23)17-19)28-22-8-3-2-6-18(22)14-15-29-28;1-19(2,3)15-11-12-18(20-13-15)17-10-6-8-14-7-4-5-9-16(14)17;/h4-5,7,9-10,12-17H,2-3,6,8H2,1H3;6,8,11-13H,4-5,7,9H2,1-3H3;/q2*-1;. The Balaban J connectivity index is 0.000000174. The first-order valence-electron chi connectivity index (χ1n) is 18.4. The van der Waals surface area contributed by atoms with Crippen LogP contribution < -0.4 is 9.13 Å². The Bertz CT molecular complexity index is 2360. The van der Waals surface area contributed by atoms with Gasteiger partial charge in [0.25, 0.3) is 0 Å². The summed E-state index contributed by atoms with van der Waals surface area (Å²) in [5, 5.41) is 2.21. The predicted molar refractivity (Wildman–Crippen MR) is 213 cm³/mol. The molecule has 2 aliphatic rings. The fraction of sp³-hybridized carbons (Fsp3) is 0.261. The number of aromatic nitrogens is 2. The number of furan rings is 1. The van der Waals surface area contributed by atoms with Crippen molar-refractivity contribution in [3.8, 4) is 39.4 Å². The van der Waals surface area contributed by atoms with Crippen LogP contribution in [0.3, 0.4) is 0 Å². The fourth-order valence-electron chi connectivity index (χ4n) is 7.73. The number of para-hydroxylation sites is 1. The van der Waals surface area contributed by atoms with E-state index in [9.17, 15) is 0 Å². The van der Waals surface area contributed by atoms with Crippen molar-refractivity contribution in [2.45, 2.75) is 68.6 Å². The maximum atomic E-state index is 6.20. The monoisotopic (exact) mass is 923 g/mol. The third kappa shape index (κ3) is 7.29. The second kappa shape index (κ2) is 15.5. The van der Waals surface area contributed by atoms with Gasteiger partial charge >= 0.3 is 125 Å². The molecular weight excluding hydrogens is 877 g/mol. The minimum absolute atomic E-state index is 0. The number of ether oxygens (including phenoxy) is 1. The van der Waals surface area contributed by atoms with Crippen LogP contribution in [0.1, 0.15) is 47.9 Å². The summed E-state index contributed by atoms with van der Waals surface area (Å²) < 4.78 is 13.2. The van der Waals surface area contributed by atoms with Gasteiger partial charge in [-0.3, -0.25) is 0 Å². The van der Waals surface area contributed by atoms with E-state index < -0.39 is 13.3 Å². The van der Waals surface area contributed by atoms with Gasteiger partial charge in [0.05, 0.1) is 12.7 Å². The molecule has 9 rings (SSSR count). The minimum Gasteiger partial charge on any atom is 0 e. The molecule has 0 atom stereocenters. The Morgan fingerprint density at radius 2 is 1.50 bits per heavy atom. The molecule has 0 bridgehead atoms. The van der Waals surface area contributed by atoms with Crippen molar-refractivity contribution in [2.75, 3.05) is 7.11 Å². The maximum absolute atomic E-state index is 6.20. The molecule has 0 fully saturated rings. The smallest absolute Gasteiger partial charge is 0 e. The second-order valence-electron chi connectivity index (χ2n) is 14.9. The van der Waals surface area contributed by atoms with Crippen molar-refractivity contribution in [1.29, 1.82) is 0 Å². The third-order valence-electron chi connectivity index (χ3n) is 10.6. The first-order valence-corrected chi connectivity index (χ1v) is 25.7. The molecule has 52 heavy (non-hydrogen) atoms. The molecule has 3 heterocycles. The van der Waals surface area contributed by atoms with E-state index in [2.05, 4.69) is 96.3 Å². The fourth-order valence-corrected chi connectivity index (χ4v) is 9.90. The molecule has 1 radical (unpaired) electrons. The molecule has 0 saturated carbocycles. The number of hydrogen-bond donors (Lipinski definition) is 0. The van der Waals surface area contributed by atoms with Crippen molar-refractivity contribution in [3.05, 3.63) is 132 Å². The Morgan fingerprint density at radius 3 is 2.27 bits per heavy atom. The zero-order valence-corrected chi connectivity index (χ0v) is 34.9. The molecule has 265 valence electrons. The topological polar surface area (TPSA) is 48.2 Å². The SMILES string of the molecule is COc1ccccc1-c1ccc2c(c1)oc1c[c-]c(-c3nccc4c3CCCC4)cc12.[CH3][Ge]([CH3])([CH3])[c]1ccc(-c2[c-]ccc3c2CCCC3)nc1.[Ir]. The number of benzene rings is 4. The number of rotatable bonds is 5. The van der Waals surface area contributed by atoms with E-state index in [1.165, 1.54) is 70.7 Å². The summed E-state index contributed by atoms with van der Waals surface area (Å²) in [6.45, 7) is 0. The summed E-state index contributed by atoms with van der Waals surface area (Å²) in [5.41, 5.74) is 14.1. The van der Waals surface area contributed by atoms with Crippen molar-refractivity contribution in [2.24, 2.45) is 0 Å². The van der Waals surface area contributed by atoms with E-state index in [1.807, 2.05) is 30.5 Å². The number of aryl methyl sites for hydroxylation is 2. The molecule has 0 aliphatic heterocycles. The third-order valence-corrected chi connectivity index (χ3v) is 14.8. The van der Waals surface area contributed by atoms with Crippen LogP contribution in [0.4, 0.5) is 0 Å². The van der Waals surface area contributed by atoms with Gasteiger partial charge in [0.1, 0.15) is 11.3 Å². The Morgan fingerprint density at radius 1 is 0.731 bits per heavy atom. The molecule has 3 aromatic heterocycles. The number of nitrogens with zero attached hydrogens (tertiary/aromatic N) is 2. The van der Waals surface area contributed by atoms with Gasteiger partial charge in [-0.1, -0.05) is 46.8 Å². The Labute approximate surface area is 323 Å². The van der Waals surface area contributed by atoms with Crippen LogP contribution >= 0.6 is 0 Å². The molecule has 0 amide bonds. The van der Waals surface area contributed by atoms with E-state index in [-0.39, 0.29) is 20.1 Å². The van der Waals surface area contributed by atoms with Gasteiger partial charge in [0.15, 0.2) is 0 Å². The van der Waals surface area contributed by atoms with E-state index in [0.717, 1.165) is 68.6 Å². The van der Waals surface area contributed by atoms with Crippen LogP contribution in [0.15, 0.2) is 102 Å². The van der Waals surface area contributed by atoms with Crippen LogP contribution in [0.5, 0.6) is 5.75 Å². The molecule has 0 unspecified atom stereocenters. The summed E-state index contributed by atoms with van der Waals surface area (Å²) in [5.74, 6) is 8.08. The van der Waals surface area contributed by atoms with Crippen molar-refractivity contribution >= 4 is 39.6 Å². The van der Waals surface area contributed by atoms with Gasteiger partial charge in [-0.2, -0.15) is 0 Å². The molecule has 7 aromatic rings. The predicted octanol–water partition coefficient (Wildman–Crippen LogP) is 11.0. The van der Waals surface area contributed by atoms with Crippen LogP contribution in [0.25, 0.3) is 55.6 Å². The molecule has 6 heteroatoms. The Kier molecular flexibility index (Phi) is 10.8. The van der Waals surface area contributed by atoms with Gasteiger partial charge in [-0.05, 0) is 55.1 Å². The van der Waals surface area contributed by atoms with Gasteiger partial charge in [-0.15, -0.1) is 23.8 Å². The zero-order chi connectivity index (χ0) is 35.0. The van der Waals surface area contributed by atoms with Gasteiger partial charge < -0.3 is 14.1 Å². The van der Waals surface area contributed by atoms with Crippen LogP contribution in [0.2, 0.25) is 17.3 Å². The number of hydrogen-bond acceptors (Lipinski definition) is 4. The quantitative estimate of drug-likeness (QED) is 0.127. The molecule has 2 aliphatic carbocycles. The largest absolute Gasteiger partial charge is 0 e. The number of pyridine rings is 2. The van der Waals surface area contributed by atoms with Crippen molar-refractivity contribution < 1.29 is 29.3 Å². The number of methoxy groups -OCH3 is 1. The van der Waals surface area contributed by atoms with E-state index in [1.54, 1.807) is 7.11 Å². The van der Waals surface area contributed by atoms with Crippen molar-refractivity contribution in [3.63, 3.8) is 0 Å². The molecular formula is C46H44GeIrN2O2-2. The molecule has 4 aromatic carbocycles. The summed E-state index contributed by atoms with van der Waals surface area (Å²) >= 11 is -1.75. The first kappa shape index (κ1) is 36.3. The molecule has 0 saturated heterocycles. The summed E-state index contributed by atoms with van der Waals surface area (Å²) in [4.78, 5) is 9.47. The normalized spacial score (nSPS) is 13.8. The molecule has 0 spiro atoms. The molecule has 0 N–H and O–H groups in total. The average molecular weight is 922 g/mol. The summed E-state index contributed by atoms with van der Waals surface area (Å²) in [6.07, 6.45) is 13.8. The van der Waals surface area contributed by atoms with Crippen molar-refractivity contribution in [1.82, 2.24) is 9.97 Å². The van der Waals surface area contributed by atoms with E-state index in [0.29, 0.717) is 0 Å². The maximum Gasteiger partial charge on any atom is 0 e. The minimum atomic E-state index is -1.75. The van der Waals surface area contributed by atoms with Gasteiger partial charge in [0.2, 0.25) is 0 Å². The van der Waals surface area contributed by atoms with Crippen LogP contribution in [-0.2, 0) is 45.8 Å². The zero-order valence-electron chi connectivity index (χ0n) is 30.4. The van der Waals surface area contributed by atoms with E-state index in [4.69, 9.17) is 19.1 Å². The van der Waals surface area contributed by atoms with Crippen LogP contribution in [-0.4, -0.2) is 30.3 Å². The molecule has 4 nitrogen and oxygen atoms in total. The van der Waals surface area contributed by atoms with E-state index >= 15 is 0 Å². The second-order valence-corrected chi connectivity index (χ2v) is 25.5. The van der Waals surface area contributed by atoms with Gasteiger partial charge in [0, 0.05) is 37.3 Å². The van der Waals surface area contributed by atoms with Crippen LogP contribution in [0, 0.1) is 12.1 Å². The summed E-state index contributed by atoms with van der Waals surface area (Å²) in [7, 11) is 1.70.